The number of aromatic amines is 1. The molecule has 1 aliphatic rings. The van der Waals surface area contributed by atoms with E-state index in [1.54, 1.807) is 47.4 Å². The molecule has 0 spiro atoms. The van der Waals surface area contributed by atoms with Gasteiger partial charge in [-0.3, -0.25) is 19.5 Å². The Labute approximate surface area is 244 Å². The third-order valence-corrected chi connectivity index (χ3v) is 7.17. The van der Waals surface area contributed by atoms with Crippen molar-refractivity contribution in [3.8, 4) is 5.69 Å². The first-order chi connectivity index (χ1) is 20.4. The number of nitrogens with zero attached hydrogens (tertiary/aromatic N) is 6. The zero-order chi connectivity index (χ0) is 29.2. The van der Waals surface area contributed by atoms with E-state index < -0.39 is 6.04 Å². The summed E-state index contributed by atoms with van der Waals surface area (Å²) in [6.45, 7) is 1.74. The van der Waals surface area contributed by atoms with Crippen molar-refractivity contribution in [1.82, 2.24) is 35.3 Å². The molecule has 0 saturated carbocycles. The van der Waals surface area contributed by atoms with Crippen LogP contribution in [0.5, 0.6) is 0 Å². The predicted octanol–water partition coefficient (Wildman–Crippen LogP) is 3.93. The lowest BCUT2D eigenvalue weighted by Gasteiger charge is -2.35. The number of amides is 3. The Balaban J connectivity index is 1.30. The van der Waals surface area contributed by atoms with Crippen LogP contribution in [0.25, 0.3) is 22.7 Å². The molecule has 1 aliphatic heterocycles. The first-order valence-corrected chi connectivity index (χ1v) is 13.4. The Morgan fingerprint density at radius 2 is 1.93 bits per heavy atom. The van der Waals surface area contributed by atoms with Gasteiger partial charge >= 0.3 is 0 Å². The molecular formula is C29H24ClN9O3. The number of hydrogen-bond donors (Lipinski definition) is 3. The molecule has 6 rings (SSSR count). The van der Waals surface area contributed by atoms with Crippen molar-refractivity contribution in [2.45, 2.75) is 19.4 Å². The standard InChI is InChI=1S/C29H24ClN9O3/c1-17(40)32-28-23-15-21(8-9-24(23)34-35-28)33-29(42)27-22-5-3-2-4-18(22)12-13-38(27)26(41)11-6-19-14-20(30)7-10-25(19)39-16-31-36-37-39/h2-11,14-16,27H,12-13H2,1H3,(H,33,42)(H2,32,34,35,40)/t27-/m0/s1. The van der Waals surface area contributed by atoms with Gasteiger partial charge in [-0.15, -0.1) is 5.10 Å². The number of fused-ring (bicyclic) bond motifs is 2. The van der Waals surface area contributed by atoms with Gasteiger partial charge in [-0.1, -0.05) is 35.9 Å². The van der Waals surface area contributed by atoms with Gasteiger partial charge in [-0.25, -0.2) is 0 Å². The lowest BCUT2D eigenvalue weighted by atomic mass is 9.91. The van der Waals surface area contributed by atoms with E-state index in [1.807, 2.05) is 24.3 Å². The molecule has 3 aromatic carbocycles. The molecule has 3 heterocycles. The minimum Gasteiger partial charge on any atom is -0.324 e. The maximum absolute atomic E-state index is 13.8. The van der Waals surface area contributed by atoms with Crippen molar-refractivity contribution in [2.75, 3.05) is 17.2 Å². The molecule has 13 heteroatoms. The van der Waals surface area contributed by atoms with Gasteiger partial charge in [0.15, 0.2) is 5.82 Å². The second-order valence-electron chi connectivity index (χ2n) is 9.68. The van der Waals surface area contributed by atoms with Crippen LogP contribution in [-0.4, -0.2) is 59.6 Å². The fourth-order valence-corrected chi connectivity index (χ4v) is 5.23. The van der Waals surface area contributed by atoms with E-state index in [4.69, 9.17) is 11.6 Å². The van der Waals surface area contributed by atoms with Crippen molar-refractivity contribution in [3.63, 3.8) is 0 Å². The largest absolute Gasteiger partial charge is 0.324 e. The highest BCUT2D eigenvalue weighted by atomic mass is 35.5. The second kappa shape index (κ2) is 11.3. The number of rotatable bonds is 6. The number of nitrogens with one attached hydrogen (secondary N) is 3. The number of halogens is 1. The minimum atomic E-state index is -0.875. The van der Waals surface area contributed by atoms with E-state index >= 15 is 0 Å². The molecular weight excluding hydrogens is 558 g/mol. The van der Waals surface area contributed by atoms with Crippen LogP contribution in [0.2, 0.25) is 5.02 Å². The van der Waals surface area contributed by atoms with Gasteiger partial charge in [0.1, 0.15) is 12.4 Å². The normalized spacial score (nSPS) is 14.6. The summed E-state index contributed by atoms with van der Waals surface area (Å²) >= 11 is 6.23. The van der Waals surface area contributed by atoms with E-state index in [9.17, 15) is 14.4 Å². The molecule has 210 valence electrons. The predicted molar refractivity (Wildman–Crippen MR) is 157 cm³/mol. The smallest absolute Gasteiger partial charge is 0.251 e. The Morgan fingerprint density at radius 1 is 1.07 bits per heavy atom. The highest BCUT2D eigenvalue weighted by molar-refractivity contribution is 6.30. The Bertz CT molecular complexity index is 1850. The summed E-state index contributed by atoms with van der Waals surface area (Å²) in [5.41, 5.74) is 4.22. The third-order valence-electron chi connectivity index (χ3n) is 6.93. The fraction of sp³-hybridized carbons (Fsp3) is 0.138. The molecule has 12 nitrogen and oxygen atoms in total. The summed E-state index contributed by atoms with van der Waals surface area (Å²) in [4.78, 5) is 40.6. The summed E-state index contributed by atoms with van der Waals surface area (Å²) < 4.78 is 1.47. The van der Waals surface area contributed by atoms with Crippen LogP contribution >= 0.6 is 11.6 Å². The van der Waals surface area contributed by atoms with Crippen molar-refractivity contribution < 1.29 is 14.4 Å². The van der Waals surface area contributed by atoms with Crippen LogP contribution < -0.4 is 10.6 Å². The van der Waals surface area contributed by atoms with Gasteiger partial charge in [0, 0.05) is 41.2 Å². The zero-order valence-electron chi connectivity index (χ0n) is 22.3. The summed E-state index contributed by atoms with van der Waals surface area (Å²) in [7, 11) is 0. The molecule has 3 amide bonds. The topological polar surface area (TPSA) is 151 Å². The fourth-order valence-electron chi connectivity index (χ4n) is 5.05. The van der Waals surface area contributed by atoms with E-state index in [-0.39, 0.29) is 17.7 Å². The third kappa shape index (κ3) is 5.34. The number of anilines is 2. The summed E-state index contributed by atoms with van der Waals surface area (Å²) in [6.07, 6.45) is 5.11. The zero-order valence-corrected chi connectivity index (χ0v) is 23.0. The maximum Gasteiger partial charge on any atom is 0.251 e. The maximum atomic E-state index is 13.8. The van der Waals surface area contributed by atoms with Gasteiger partial charge in [0.05, 0.1) is 11.2 Å². The molecule has 3 N–H and O–H groups in total. The van der Waals surface area contributed by atoms with E-state index in [1.165, 1.54) is 24.0 Å². The van der Waals surface area contributed by atoms with E-state index in [0.29, 0.717) is 51.6 Å². The van der Waals surface area contributed by atoms with Crippen LogP contribution in [-0.2, 0) is 20.8 Å². The number of carbonyl (C=O) groups is 3. The number of benzene rings is 3. The Hall–Kier alpha value is -5.36. The number of H-pyrrole nitrogens is 1. The van der Waals surface area contributed by atoms with Crippen LogP contribution in [0.1, 0.15) is 29.7 Å². The SMILES string of the molecule is CC(=O)Nc1n[nH]c2ccc(NC(=O)[C@@H]3c4ccccc4CCN3C(=O)C=Cc3cc(Cl)ccc3-n3cnnn3)cc12. The lowest BCUT2D eigenvalue weighted by Crippen LogP contribution is -2.44. The van der Waals surface area contributed by atoms with Crippen LogP contribution in [0, 0.1) is 0 Å². The highest BCUT2D eigenvalue weighted by Gasteiger charge is 2.35. The Kier molecular flexibility index (Phi) is 7.19. The van der Waals surface area contributed by atoms with Crippen LogP contribution in [0.4, 0.5) is 11.5 Å². The van der Waals surface area contributed by atoms with Gasteiger partial charge in [-0.05, 0) is 70.4 Å². The van der Waals surface area contributed by atoms with Gasteiger partial charge < -0.3 is 15.5 Å². The average molecular weight is 582 g/mol. The lowest BCUT2D eigenvalue weighted by molar-refractivity contribution is -0.135. The van der Waals surface area contributed by atoms with Crippen molar-refractivity contribution in [2.24, 2.45) is 0 Å². The van der Waals surface area contributed by atoms with Crippen molar-refractivity contribution in [1.29, 1.82) is 0 Å². The molecule has 0 fully saturated rings. The molecule has 0 radical (unpaired) electrons. The summed E-state index contributed by atoms with van der Waals surface area (Å²) in [6, 6.07) is 17.1. The molecule has 0 unspecified atom stereocenters. The molecule has 0 saturated heterocycles. The molecule has 0 bridgehead atoms. The monoisotopic (exact) mass is 581 g/mol. The van der Waals surface area contributed by atoms with Crippen LogP contribution in [0.3, 0.4) is 0 Å². The Morgan fingerprint density at radius 3 is 2.74 bits per heavy atom. The minimum absolute atomic E-state index is 0.262. The van der Waals surface area contributed by atoms with E-state index in [0.717, 1.165) is 11.1 Å². The van der Waals surface area contributed by atoms with Crippen molar-refractivity contribution >= 4 is 57.8 Å². The molecule has 5 aromatic rings. The molecule has 42 heavy (non-hydrogen) atoms. The average Bonchev–Trinajstić information content (AvgIpc) is 3.66. The van der Waals surface area contributed by atoms with Gasteiger partial charge in [-0.2, -0.15) is 9.78 Å². The van der Waals surface area contributed by atoms with Crippen molar-refractivity contribution in [3.05, 3.63) is 94.8 Å². The van der Waals surface area contributed by atoms with Gasteiger partial charge in [0.25, 0.3) is 5.91 Å². The van der Waals surface area contributed by atoms with Gasteiger partial charge in [0.2, 0.25) is 11.8 Å². The number of tetrazole rings is 1. The number of carbonyl (C=O) groups excluding carboxylic acids is 3. The first-order valence-electron chi connectivity index (χ1n) is 13.0. The summed E-state index contributed by atoms with van der Waals surface area (Å²) in [5.74, 6) is -0.613. The summed E-state index contributed by atoms with van der Waals surface area (Å²) in [5, 5.41) is 25.0. The highest BCUT2D eigenvalue weighted by Crippen LogP contribution is 2.32. The van der Waals surface area contributed by atoms with E-state index in [2.05, 4.69) is 36.4 Å². The molecule has 2 aromatic heterocycles. The molecule has 1 atom stereocenters. The first kappa shape index (κ1) is 26.8. The quantitative estimate of drug-likeness (QED) is 0.257. The second-order valence-corrected chi connectivity index (χ2v) is 10.1. The number of hydrogen-bond acceptors (Lipinski definition) is 7. The van der Waals surface area contributed by atoms with Crippen LogP contribution in [0.15, 0.2) is 73.1 Å². The molecule has 0 aliphatic carbocycles. The number of aromatic nitrogens is 6.